The van der Waals surface area contributed by atoms with Crippen molar-refractivity contribution in [3.05, 3.63) is 57.9 Å². The van der Waals surface area contributed by atoms with Gasteiger partial charge < -0.3 is 9.84 Å². The second kappa shape index (κ2) is 5.81. The van der Waals surface area contributed by atoms with Crippen LogP contribution in [0.2, 0.25) is 5.02 Å². The lowest BCUT2D eigenvalue weighted by atomic mass is 10.1. The standard InChI is InChI=1S/C16H16ClFO2/c1-9-7-16(13(11(3)19)8-14(9)18)20-15-5-4-12(17)6-10(15)2/h4-8,11,19H,1-3H3/t11-/m0/s1. The number of benzene rings is 2. The number of hydrogen-bond donors (Lipinski definition) is 1. The second-order valence-electron chi connectivity index (χ2n) is 4.83. The molecule has 2 rings (SSSR count). The van der Waals surface area contributed by atoms with Crippen LogP contribution in [0.15, 0.2) is 30.3 Å². The molecule has 1 N–H and O–H groups in total. The molecule has 0 aliphatic rings. The maximum atomic E-state index is 13.6. The summed E-state index contributed by atoms with van der Waals surface area (Å²) in [6, 6.07) is 8.16. The summed E-state index contributed by atoms with van der Waals surface area (Å²) < 4.78 is 19.4. The van der Waals surface area contributed by atoms with Gasteiger partial charge in [0.05, 0.1) is 6.10 Å². The van der Waals surface area contributed by atoms with Crippen molar-refractivity contribution in [1.29, 1.82) is 0 Å². The van der Waals surface area contributed by atoms with Gasteiger partial charge in [-0.15, -0.1) is 0 Å². The number of aliphatic hydroxyl groups is 1. The summed E-state index contributed by atoms with van der Waals surface area (Å²) in [5.41, 5.74) is 1.76. The van der Waals surface area contributed by atoms with Crippen molar-refractivity contribution in [2.75, 3.05) is 0 Å². The van der Waals surface area contributed by atoms with Crippen LogP contribution in [-0.2, 0) is 0 Å². The molecule has 2 nitrogen and oxygen atoms in total. The van der Waals surface area contributed by atoms with Crippen LogP contribution in [0, 0.1) is 19.7 Å². The van der Waals surface area contributed by atoms with Crippen LogP contribution in [-0.4, -0.2) is 5.11 Å². The minimum absolute atomic E-state index is 0.360. The largest absolute Gasteiger partial charge is 0.457 e. The molecule has 0 aliphatic heterocycles. The van der Waals surface area contributed by atoms with Crippen LogP contribution in [0.3, 0.4) is 0 Å². The average Bonchev–Trinajstić information content (AvgIpc) is 2.36. The molecule has 0 aromatic heterocycles. The first-order valence-corrected chi connectivity index (χ1v) is 6.68. The Hall–Kier alpha value is -1.58. The minimum Gasteiger partial charge on any atom is -0.457 e. The smallest absolute Gasteiger partial charge is 0.133 e. The van der Waals surface area contributed by atoms with Gasteiger partial charge in [-0.05, 0) is 62.2 Å². The Kier molecular flexibility index (Phi) is 4.31. The van der Waals surface area contributed by atoms with Gasteiger partial charge in [0.15, 0.2) is 0 Å². The minimum atomic E-state index is -0.812. The number of aryl methyl sites for hydroxylation is 2. The van der Waals surface area contributed by atoms with Gasteiger partial charge in [0.2, 0.25) is 0 Å². The third kappa shape index (κ3) is 3.11. The molecule has 106 valence electrons. The van der Waals surface area contributed by atoms with E-state index in [1.807, 2.05) is 6.92 Å². The molecule has 0 saturated heterocycles. The van der Waals surface area contributed by atoms with Gasteiger partial charge in [-0.3, -0.25) is 0 Å². The normalized spacial score (nSPS) is 12.3. The molecule has 0 heterocycles. The van der Waals surface area contributed by atoms with E-state index in [9.17, 15) is 9.50 Å². The van der Waals surface area contributed by atoms with Gasteiger partial charge in [0.25, 0.3) is 0 Å². The fraction of sp³-hybridized carbons (Fsp3) is 0.250. The van der Waals surface area contributed by atoms with E-state index in [1.165, 1.54) is 6.07 Å². The van der Waals surface area contributed by atoms with Crippen molar-refractivity contribution >= 4 is 11.6 Å². The Morgan fingerprint density at radius 1 is 1.10 bits per heavy atom. The Bertz CT molecular complexity index is 639. The van der Waals surface area contributed by atoms with E-state index in [1.54, 1.807) is 38.1 Å². The maximum absolute atomic E-state index is 13.6. The lowest BCUT2D eigenvalue weighted by molar-refractivity contribution is 0.195. The first-order valence-electron chi connectivity index (χ1n) is 6.30. The summed E-state index contributed by atoms with van der Waals surface area (Å²) in [7, 11) is 0. The summed E-state index contributed by atoms with van der Waals surface area (Å²) >= 11 is 5.90. The van der Waals surface area contributed by atoms with E-state index in [-0.39, 0.29) is 5.82 Å². The molecule has 0 aliphatic carbocycles. The summed E-state index contributed by atoms with van der Waals surface area (Å²) in [6.45, 7) is 5.11. The van der Waals surface area contributed by atoms with Crippen LogP contribution < -0.4 is 4.74 Å². The zero-order valence-electron chi connectivity index (χ0n) is 11.6. The fourth-order valence-corrected chi connectivity index (χ4v) is 2.16. The second-order valence-corrected chi connectivity index (χ2v) is 5.26. The van der Waals surface area contributed by atoms with E-state index in [2.05, 4.69) is 0 Å². The van der Waals surface area contributed by atoms with Gasteiger partial charge in [-0.1, -0.05) is 11.6 Å². The molecule has 0 bridgehead atoms. The van der Waals surface area contributed by atoms with Crippen molar-refractivity contribution in [2.24, 2.45) is 0 Å². The van der Waals surface area contributed by atoms with Crippen LogP contribution in [0.25, 0.3) is 0 Å². The molecule has 0 unspecified atom stereocenters. The zero-order valence-corrected chi connectivity index (χ0v) is 12.3. The first kappa shape index (κ1) is 14.8. The Labute approximate surface area is 122 Å². The monoisotopic (exact) mass is 294 g/mol. The molecule has 0 amide bonds. The molecule has 2 aromatic rings. The van der Waals surface area contributed by atoms with E-state index in [4.69, 9.17) is 16.3 Å². The highest BCUT2D eigenvalue weighted by atomic mass is 35.5. The van der Waals surface area contributed by atoms with Crippen molar-refractivity contribution in [1.82, 2.24) is 0 Å². The van der Waals surface area contributed by atoms with E-state index < -0.39 is 6.10 Å². The molecule has 0 saturated carbocycles. The van der Waals surface area contributed by atoms with Crippen LogP contribution >= 0.6 is 11.6 Å². The topological polar surface area (TPSA) is 29.5 Å². The zero-order chi connectivity index (χ0) is 14.9. The number of hydrogen-bond acceptors (Lipinski definition) is 2. The Morgan fingerprint density at radius 3 is 2.40 bits per heavy atom. The molecular weight excluding hydrogens is 279 g/mol. The van der Waals surface area contributed by atoms with Crippen LogP contribution in [0.5, 0.6) is 11.5 Å². The number of aliphatic hydroxyl groups excluding tert-OH is 1. The highest BCUT2D eigenvalue weighted by Gasteiger charge is 2.14. The van der Waals surface area contributed by atoms with Crippen LogP contribution in [0.1, 0.15) is 29.7 Å². The van der Waals surface area contributed by atoms with Crippen LogP contribution in [0.4, 0.5) is 4.39 Å². The summed E-state index contributed by atoms with van der Waals surface area (Å²) in [4.78, 5) is 0. The number of ether oxygens (including phenoxy) is 1. The lowest BCUT2D eigenvalue weighted by Crippen LogP contribution is -1.99. The quantitative estimate of drug-likeness (QED) is 0.868. The molecule has 4 heteroatoms. The number of rotatable bonds is 3. The lowest BCUT2D eigenvalue weighted by Gasteiger charge is -2.16. The van der Waals surface area contributed by atoms with Crippen molar-refractivity contribution in [3.8, 4) is 11.5 Å². The van der Waals surface area contributed by atoms with Crippen molar-refractivity contribution < 1.29 is 14.2 Å². The van der Waals surface area contributed by atoms with Crippen molar-refractivity contribution in [3.63, 3.8) is 0 Å². The summed E-state index contributed by atoms with van der Waals surface area (Å²) in [6.07, 6.45) is -0.812. The molecule has 2 aromatic carbocycles. The molecular formula is C16H16ClFO2. The SMILES string of the molecule is Cc1cc(Oc2ccc(Cl)cc2C)c([C@H](C)O)cc1F. The van der Waals surface area contributed by atoms with E-state index in [0.717, 1.165) is 5.56 Å². The molecule has 0 radical (unpaired) electrons. The molecule has 0 fully saturated rings. The predicted octanol–water partition coefficient (Wildman–Crippen LogP) is 4.94. The first-order chi connectivity index (χ1) is 9.38. The maximum Gasteiger partial charge on any atom is 0.133 e. The van der Waals surface area contributed by atoms with Gasteiger partial charge in [0, 0.05) is 10.6 Å². The summed E-state index contributed by atoms with van der Waals surface area (Å²) in [5, 5.41) is 10.4. The molecule has 1 atom stereocenters. The van der Waals surface area contributed by atoms with Gasteiger partial charge in [-0.2, -0.15) is 0 Å². The van der Waals surface area contributed by atoms with E-state index in [0.29, 0.717) is 27.6 Å². The van der Waals surface area contributed by atoms with Gasteiger partial charge >= 0.3 is 0 Å². The highest BCUT2D eigenvalue weighted by Crippen LogP contribution is 2.34. The average molecular weight is 295 g/mol. The Morgan fingerprint density at radius 2 is 1.80 bits per heavy atom. The van der Waals surface area contributed by atoms with Gasteiger partial charge in [-0.25, -0.2) is 4.39 Å². The highest BCUT2D eigenvalue weighted by molar-refractivity contribution is 6.30. The van der Waals surface area contributed by atoms with Gasteiger partial charge in [0.1, 0.15) is 17.3 Å². The third-order valence-corrected chi connectivity index (χ3v) is 3.33. The predicted molar refractivity (Wildman–Crippen MR) is 78.0 cm³/mol. The number of halogens is 2. The van der Waals surface area contributed by atoms with E-state index >= 15 is 0 Å². The molecule has 20 heavy (non-hydrogen) atoms. The molecule has 0 spiro atoms. The Balaban J connectivity index is 2.44. The summed E-state index contributed by atoms with van der Waals surface area (Å²) in [5.74, 6) is 0.715. The third-order valence-electron chi connectivity index (χ3n) is 3.10. The fourth-order valence-electron chi connectivity index (χ4n) is 1.93. The van der Waals surface area contributed by atoms with Crippen molar-refractivity contribution in [2.45, 2.75) is 26.9 Å².